The van der Waals surface area contributed by atoms with Gasteiger partial charge < -0.3 is 9.55 Å². The molecule has 4 aromatic heterocycles. The van der Waals surface area contributed by atoms with E-state index >= 15 is 0 Å². The molecule has 2 fully saturated rings. The molecule has 2 aliphatic rings. The second-order valence-electron chi connectivity index (χ2n) is 10.5. The van der Waals surface area contributed by atoms with Crippen molar-refractivity contribution < 1.29 is 14.0 Å². The second kappa shape index (κ2) is 7.76. The van der Waals surface area contributed by atoms with E-state index in [2.05, 4.69) is 9.97 Å². The molecule has 0 radical (unpaired) electrons. The van der Waals surface area contributed by atoms with Crippen molar-refractivity contribution in [2.45, 2.75) is 26.9 Å². The minimum absolute atomic E-state index is 0.0722. The molecule has 1 aliphatic heterocycles. The van der Waals surface area contributed by atoms with Crippen LogP contribution in [0.3, 0.4) is 0 Å². The molecule has 7 rings (SSSR count). The molecule has 6 nitrogen and oxygen atoms in total. The maximum Gasteiger partial charge on any atom is 0.234 e. The van der Waals surface area contributed by atoms with Gasteiger partial charge in [-0.3, -0.25) is 19.5 Å². The van der Waals surface area contributed by atoms with Crippen LogP contribution in [0.25, 0.3) is 32.2 Å². The van der Waals surface area contributed by atoms with Crippen LogP contribution in [-0.2, 0) is 22.7 Å². The Morgan fingerprint density at radius 1 is 1.08 bits per heavy atom. The van der Waals surface area contributed by atoms with E-state index in [-0.39, 0.29) is 41.4 Å². The zero-order chi connectivity index (χ0) is 25.6. The molecule has 1 aromatic carbocycles. The van der Waals surface area contributed by atoms with E-state index in [1.54, 1.807) is 12.4 Å². The molecular weight excluding hydrogens is 511 g/mol. The number of benzene rings is 1. The number of aromatic nitrogens is 3. The van der Waals surface area contributed by atoms with E-state index in [0.717, 1.165) is 37.1 Å². The summed E-state index contributed by atoms with van der Waals surface area (Å²) in [6.45, 7) is 4.60. The summed E-state index contributed by atoms with van der Waals surface area (Å²) in [5.74, 6) is -0.812. The summed E-state index contributed by atoms with van der Waals surface area (Å²) >= 11 is 8.06. The number of H-pyrrole nitrogens is 1. The van der Waals surface area contributed by atoms with Crippen molar-refractivity contribution in [3.8, 4) is 11.1 Å². The molecule has 1 saturated carbocycles. The standard InChI is InChI=1S/C28H22ClFN4O2S/c1-28(2)22-23(28)27(36)34(26(22)35)13-17-9-21-25(37-17)18(3-5-32-21)19-8-16(29)7-14-4-6-33(24(14)19)12-15-10-31-11-20(15)30/h3-11,22-23,31H,12-13H2,1-2H3. The number of hydrogen-bond acceptors (Lipinski definition) is 4. The van der Waals surface area contributed by atoms with Crippen molar-refractivity contribution in [3.63, 3.8) is 0 Å². The lowest BCUT2D eigenvalue weighted by Crippen LogP contribution is -2.35. The first-order valence-electron chi connectivity index (χ1n) is 12.1. The number of halogens is 2. The first kappa shape index (κ1) is 22.7. The van der Waals surface area contributed by atoms with Gasteiger partial charge in [0.15, 0.2) is 0 Å². The molecule has 2 unspecified atom stereocenters. The van der Waals surface area contributed by atoms with Gasteiger partial charge in [-0.25, -0.2) is 4.39 Å². The smallest absolute Gasteiger partial charge is 0.234 e. The van der Waals surface area contributed by atoms with Gasteiger partial charge in [0.2, 0.25) is 11.8 Å². The summed E-state index contributed by atoms with van der Waals surface area (Å²) in [4.78, 5) is 35.4. The summed E-state index contributed by atoms with van der Waals surface area (Å²) in [5, 5.41) is 1.56. The fourth-order valence-electron chi connectivity index (χ4n) is 5.92. The van der Waals surface area contributed by atoms with Crippen LogP contribution < -0.4 is 0 Å². The molecule has 1 N–H and O–H groups in total. The van der Waals surface area contributed by atoms with Crippen molar-refractivity contribution >= 4 is 55.9 Å². The molecule has 5 aromatic rings. The Morgan fingerprint density at radius 2 is 1.86 bits per heavy atom. The zero-order valence-electron chi connectivity index (χ0n) is 20.1. The number of nitrogens with one attached hydrogen (secondary N) is 1. The highest BCUT2D eigenvalue weighted by Gasteiger charge is 2.72. The predicted octanol–water partition coefficient (Wildman–Crippen LogP) is 6.23. The van der Waals surface area contributed by atoms with Crippen LogP contribution >= 0.6 is 22.9 Å². The number of amides is 2. The number of hydrogen-bond donors (Lipinski definition) is 1. The van der Waals surface area contributed by atoms with Crippen LogP contribution in [-0.4, -0.2) is 31.2 Å². The minimum atomic E-state index is -0.279. The third-order valence-corrected chi connectivity index (χ3v) is 9.26. The Balaban J connectivity index is 1.30. The van der Waals surface area contributed by atoms with E-state index in [0.29, 0.717) is 17.1 Å². The maximum absolute atomic E-state index is 14.2. The number of nitrogens with zero attached hydrogens (tertiary/aromatic N) is 3. The number of aromatic amines is 1. The van der Waals surface area contributed by atoms with Crippen molar-refractivity contribution in [1.29, 1.82) is 0 Å². The fraction of sp³-hybridized carbons (Fsp3) is 0.250. The number of piperidine rings is 1. The summed E-state index contributed by atoms with van der Waals surface area (Å²) in [6, 6.07) is 9.71. The first-order chi connectivity index (χ1) is 17.7. The van der Waals surface area contributed by atoms with E-state index in [4.69, 9.17) is 11.6 Å². The summed E-state index contributed by atoms with van der Waals surface area (Å²) in [7, 11) is 0. The molecule has 186 valence electrons. The number of fused-ring (bicyclic) bond motifs is 3. The Hall–Kier alpha value is -3.49. The predicted molar refractivity (Wildman–Crippen MR) is 142 cm³/mol. The number of likely N-dealkylation sites (tertiary alicyclic amines) is 1. The quantitative estimate of drug-likeness (QED) is 0.273. The zero-order valence-corrected chi connectivity index (χ0v) is 21.7. The van der Waals surface area contributed by atoms with Gasteiger partial charge in [-0.2, -0.15) is 0 Å². The largest absolute Gasteiger partial charge is 0.365 e. The van der Waals surface area contributed by atoms with Crippen molar-refractivity contribution in [2.24, 2.45) is 17.3 Å². The van der Waals surface area contributed by atoms with Gasteiger partial charge in [0.05, 0.1) is 40.7 Å². The van der Waals surface area contributed by atoms with Gasteiger partial charge in [0.1, 0.15) is 5.82 Å². The highest BCUT2D eigenvalue weighted by atomic mass is 35.5. The second-order valence-corrected chi connectivity index (χ2v) is 12.1. The maximum atomic E-state index is 14.2. The first-order valence-corrected chi connectivity index (χ1v) is 13.3. The van der Waals surface area contributed by atoms with Gasteiger partial charge in [0.25, 0.3) is 0 Å². The Morgan fingerprint density at radius 3 is 2.59 bits per heavy atom. The van der Waals surface area contributed by atoms with Crippen LogP contribution in [0.1, 0.15) is 24.3 Å². The highest BCUT2D eigenvalue weighted by Crippen LogP contribution is 2.63. The highest BCUT2D eigenvalue weighted by molar-refractivity contribution is 7.19. The number of thiophene rings is 1. The molecule has 37 heavy (non-hydrogen) atoms. The normalized spacial score (nSPS) is 20.4. The summed E-state index contributed by atoms with van der Waals surface area (Å²) in [6.07, 6.45) is 6.70. The molecule has 1 aliphatic carbocycles. The van der Waals surface area contributed by atoms with Gasteiger partial charge in [-0.05, 0) is 35.7 Å². The van der Waals surface area contributed by atoms with Crippen molar-refractivity contribution in [3.05, 3.63) is 76.4 Å². The molecule has 0 spiro atoms. The van der Waals surface area contributed by atoms with Crippen LogP contribution in [0.2, 0.25) is 5.02 Å². The molecule has 5 heterocycles. The Labute approximate surface area is 220 Å². The third-order valence-electron chi connectivity index (χ3n) is 7.90. The van der Waals surface area contributed by atoms with Crippen LogP contribution in [0.4, 0.5) is 4.39 Å². The van der Waals surface area contributed by atoms with Gasteiger partial charge in [0, 0.05) is 56.8 Å². The lowest BCUT2D eigenvalue weighted by Gasteiger charge is -2.19. The number of carbonyl (C=O) groups excluding carboxylic acids is 2. The number of carbonyl (C=O) groups is 2. The average Bonchev–Trinajstić information content (AvgIpc) is 3.38. The lowest BCUT2D eigenvalue weighted by molar-refractivity contribution is -0.143. The van der Waals surface area contributed by atoms with E-state index < -0.39 is 0 Å². The van der Waals surface area contributed by atoms with E-state index in [9.17, 15) is 14.0 Å². The molecular formula is C28H22ClFN4O2S. The van der Waals surface area contributed by atoms with Gasteiger partial charge in [-0.15, -0.1) is 11.3 Å². The topological polar surface area (TPSA) is 71.0 Å². The monoisotopic (exact) mass is 532 g/mol. The van der Waals surface area contributed by atoms with Crippen molar-refractivity contribution in [1.82, 2.24) is 19.4 Å². The molecule has 1 saturated heterocycles. The number of imide groups is 1. The third kappa shape index (κ3) is 3.32. The van der Waals surface area contributed by atoms with Crippen LogP contribution in [0, 0.1) is 23.1 Å². The van der Waals surface area contributed by atoms with Gasteiger partial charge in [-0.1, -0.05) is 25.4 Å². The summed E-state index contributed by atoms with van der Waals surface area (Å²) < 4.78 is 17.2. The average molecular weight is 533 g/mol. The molecule has 0 bridgehead atoms. The van der Waals surface area contributed by atoms with Gasteiger partial charge >= 0.3 is 0 Å². The van der Waals surface area contributed by atoms with Crippen LogP contribution in [0.5, 0.6) is 0 Å². The van der Waals surface area contributed by atoms with Crippen LogP contribution in [0.15, 0.2) is 55.1 Å². The number of rotatable bonds is 5. The SMILES string of the molecule is CC1(C)C2C(=O)N(Cc3cc4nccc(-c5cc(Cl)cc6ccn(Cc7c[nH]cc7F)c56)c4s3)C(=O)C21. The summed E-state index contributed by atoms with van der Waals surface area (Å²) in [5.41, 5.74) is 3.95. The Kier molecular flexibility index (Phi) is 4.76. The van der Waals surface area contributed by atoms with Crippen molar-refractivity contribution in [2.75, 3.05) is 0 Å². The lowest BCUT2D eigenvalue weighted by atomic mass is 10.0. The number of pyridine rings is 1. The molecule has 2 amide bonds. The minimum Gasteiger partial charge on any atom is -0.365 e. The van der Waals surface area contributed by atoms with E-state index in [1.807, 2.05) is 54.9 Å². The Bertz CT molecular complexity index is 1740. The molecule has 2 atom stereocenters. The van der Waals surface area contributed by atoms with E-state index in [1.165, 1.54) is 22.4 Å². The fourth-order valence-corrected chi connectivity index (χ4v) is 7.28. The molecule has 9 heteroatoms.